The van der Waals surface area contributed by atoms with Crippen LogP contribution in [0.5, 0.6) is 0 Å². The lowest BCUT2D eigenvalue weighted by molar-refractivity contribution is 0.0995. The van der Waals surface area contributed by atoms with E-state index in [1.165, 1.54) is 0 Å². The molecule has 2 heterocycles. The zero-order chi connectivity index (χ0) is 16.4. The number of amides is 1. The summed E-state index contributed by atoms with van der Waals surface area (Å²) in [5.74, 6) is -0.579. The highest BCUT2D eigenvalue weighted by atomic mass is 35.5. The van der Waals surface area contributed by atoms with Gasteiger partial charge in [-0.1, -0.05) is 28.9 Å². The van der Waals surface area contributed by atoms with E-state index in [2.05, 4.69) is 15.2 Å². The van der Waals surface area contributed by atoms with Crippen LogP contribution in [0.4, 0.5) is 0 Å². The first-order valence-electron chi connectivity index (χ1n) is 7.40. The maximum Gasteiger partial charge on any atom is 0.270 e. The van der Waals surface area contributed by atoms with E-state index in [1.54, 1.807) is 23.0 Å². The summed E-state index contributed by atoms with van der Waals surface area (Å²) in [5, 5.41) is 18.7. The predicted octanol–water partition coefficient (Wildman–Crippen LogP) is 1.01. The van der Waals surface area contributed by atoms with Crippen LogP contribution in [0.15, 0.2) is 30.5 Å². The van der Waals surface area contributed by atoms with Crippen LogP contribution in [-0.2, 0) is 0 Å². The lowest BCUT2D eigenvalue weighted by atomic mass is 10.1. The summed E-state index contributed by atoms with van der Waals surface area (Å²) in [5.41, 5.74) is 6.20. The molecule has 0 aliphatic carbocycles. The molecule has 2 aromatic rings. The minimum Gasteiger partial charge on any atom is -0.387 e. The first-order valence-corrected chi connectivity index (χ1v) is 7.78. The van der Waals surface area contributed by atoms with Crippen LogP contribution in [0, 0.1) is 0 Å². The molecule has 0 bridgehead atoms. The van der Waals surface area contributed by atoms with Gasteiger partial charge in [-0.3, -0.25) is 9.69 Å². The van der Waals surface area contributed by atoms with Gasteiger partial charge in [-0.15, -0.1) is 5.10 Å². The van der Waals surface area contributed by atoms with Crippen LogP contribution < -0.4 is 5.73 Å². The molecule has 3 N–H and O–H groups in total. The first kappa shape index (κ1) is 15.9. The van der Waals surface area contributed by atoms with Gasteiger partial charge >= 0.3 is 0 Å². The molecule has 0 spiro atoms. The SMILES string of the molecule is NC(=O)c1cn(C2CCN(C[C@@H](O)c3ccc(Cl)cc3)C2)nn1. The van der Waals surface area contributed by atoms with Crippen LogP contribution in [0.3, 0.4) is 0 Å². The number of benzene rings is 1. The van der Waals surface area contributed by atoms with E-state index in [-0.39, 0.29) is 11.7 Å². The van der Waals surface area contributed by atoms with E-state index in [4.69, 9.17) is 17.3 Å². The minimum absolute atomic E-state index is 0.132. The van der Waals surface area contributed by atoms with Crippen LogP contribution >= 0.6 is 11.6 Å². The number of hydrogen-bond acceptors (Lipinski definition) is 5. The maximum atomic E-state index is 11.1. The Hall–Kier alpha value is -1.96. The van der Waals surface area contributed by atoms with Crippen LogP contribution in [0.1, 0.15) is 34.6 Å². The molecule has 2 atom stereocenters. The average Bonchev–Trinajstić information content (AvgIpc) is 3.16. The number of primary amides is 1. The number of rotatable bonds is 5. The Bertz CT molecular complexity index is 687. The van der Waals surface area contributed by atoms with E-state index in [1.807, 2.05) is 12.1 Å². The normalized spacial score (nSPS) is 19.8. The number of likely N-dealkylation sites (tertiary alicyclic amines) is 1. The zero-order valence-electron chi connectivity index (χ0n) is 12.5. The van der Waals surface area contributed by atoms with Crippen molar-refractivity contribution in [1.82, 2.24) is 19.9 Å². The number of nitrogens with zero attached hydrogens (tertiary/aromatic N) is 4. The molecule has 23 heavy (non-hydrogen) atoms. The Morgan fingerprint density at radius 3 is 2.83 bits per heavy atom. The largest absolute Gasteiger partial charge is 0.387 e. The summed E-state index contributed by atoms with van der Waals surface area (Å²) in [7, 11) is 0. The molecule has 1 unspecified atom stereocenters. The minimum atomic E-state index is -0.579. The summed E-state index contributed by atoms with van der Waals surface area (Å²) in [4.78, 5) is 13.2. The van der Waals surface area contributed by atoms with E-state index >= 15 is 0 Å². The molecule has 1 aromatic heterocycles. The van der Waals surface area contributed by atoms with Gasteiger partial charge in [0.1, 0.15) is 0 Å². The Balaban J connectivity index is 1.58. The van der Waals surface area contributed by atoms with Gasteiger partial charge in [0.2, 0.25) is 0 Å². The van der Waals surface area contributed by atoms with E-state index in [0.717, 1.165) is 25.1 Å². The van der Waals surface area contributed by atoms with E-state index in [9.17, 15) is 9.90 Å². The average molecular weight is 336 g/mol. The molecule has 7 nitrogen and oxygen atoms in total. The molecule has 0 radical (unpaired) electrons. The number of aliphatic hydroxyl groups excluding tert-OH is 1. The molecule has 1 aliphatic rings. The molecular formula is C15H18ClN5O2. The molecule has 3 rings (SSSR count). The summed E-state index contributed by atoms with van der Waals surface area (Å²) in [6, 6.07) is 7.34. The quantitative estimate of drug-likeness (QED) is 0.850. The Kier molecular flexibility index (Phi) is 4.61. The third-order valence-corrected chi connectivity index (χ3v) is 4.32. The monoisotopic (exact) mass is 335 g/mol. The van der Waals surface area contributed by atoms with Gasteiger partial charge in [0.05, 0.1) is 18.3 Å². The van der Waals surface area contributed by atoms with Crippen molar-refractivity contribution in [3.63, 3.8) is 0 Å². The van der Waals surface area contributed by atoms with Crippen molar-refractivity contribution in [2.45, 2.75) is 18.6 Å². The van der Waals surface area contributed by atoms with Crippen molar-refractivity contribution < 1.29 is 9.90 Å². The smallest absolute Gasteiger partial charge is 0.270 e. The van der Waals surface area contributed by atoms with Crippen molar-refractivity contribution in [3.8, 4) is 0 Å². The molecule has 1 aromatic carbocycles. The molecule has 122 valence electrons. The van der Waals surface area contributed by atoms with E-state index < -0.39 is 12.0 Å². The lowest BCUT2D eigenvalue weighted by Gasteiger charge is -2.20. The fourth-order valence-electron chi connectivity index (χ4n) is 2.80. The molecule has 1 fully saturated rings. The van der Waals surface area contributed by atoms with Gasteiger partial charge in [-0.2, -0.15) is 0 Å². The number of hydrogen-bond donors (Lipinski definition) is 2. The van der Waals surface area contributed by atoms with Gasteiger partial charge < -0.3 is 10.8 Å². The topological polar surface area (TPSA) is 97.3 Å². The van der Waals surface area contributed by atoms with Crippen LogP contribution in [0.2, 0.25) is 5.02 Å². The summed E-state index contributed by atoms with van der Waals surface area (Å²) in [6.07, 6.45) is 1.89. The Morgan fingerprint density at radius 2 is 2.17 bits per heavy atom. The standard InChI is InChI=1S/C15H18ClN5O2/c16-11-3-1-10(2-4-11)14(22)9-20-6-5-12(7-20)21-8-13(15(17)23)18-19-21/h1-4,8,12,14,22H,5-7,9H2,(H2,17,23)/t12?,14-/m1/s1. The summed E-state index contributed by atoms with van der Waals surface area (Å²) >= 11 is 5.86. The highest BCUT2D eigenvalue weighted by Gasteiger charge is 2.27. The molecular weight excluding hydrogens is 318 g/mol. The predicted molar refractivity (Wildman–Crippen MR) is 85.0 cm³/mol. The number of halogens is 1. The van der Waals surface area contributed by atoms with Crippen LogP contribution in [-0.4, -0.2) is 50.5 Å². The van der Waals surface area contributed by atoms with Gasteiger partial charge in [0.15, 0.2) is 5.69 Å². The van der Waals surface area contributed by atoms with Crippen molar-refractivity contribution in [2.24, 2.45) is 5.73 Å². The fraction of sp³-hybridized carbons (Fsp3) is 0.400. The maximum absolute atomic E-state index is 11.1. The molecule has 1 saturated heterocycles. The van der Waals surface area contributed by atoms with Crippen molar-refractivity contribution in [3.05, 3.63) is 46.7 Å². The third kappa shape index (κ3) is 3.69. The van der Waals surface area contributed by atoms with Gasteiger partial charge in [-0.05, 0) is 24.1 Å². The van der Waals surface area contributed by atoms with Crippen molar-refractivity contribution >= 4 is 17.5 Å². The number of carbonyl (C=O) groups is 1. The first-order chi connectivity index (χ1) is 11.0. The number of aromatic nitrogens is 3. The van der Waals surface area contributed by atoms with Gasteiger partial charge in [0, 0.05) is 24.7 Å². The third-order valence-electron chi connectivity index (χ3n) is 4.07. The number of carbonyl (C=O) groups excluding carboxylic acids is 1. The second-order valence-electron chi connectivity index (χ2n) is 5.72. The Morgan fingerprint density at radius 1 is 1.43 bits per heavy atom. The second-order valence-corrected chi connectivity index (χ2v) is 6.15. The number of aliphatic hydroxyl groups is 1. The highest BCUT2D eigenvalue weighted by molar-refractivity contribution is 6.30. The molecule has 1 aliphatic heterocycles. The Labute approximate surface area is 138 Å². The summed E-state index contributed by atoms with van der Waals surface area (Å²) in [6.45, 7) is 2.13. The number of nitrogens with two attached hydrogens (primary N) is 1. The van der Waals surface area contributed by atoms with E-state index in [0.29, 0.717) is 11.6 Å². The fourth-order valence-corrected chi connectivity index (χ4v) is 2.92. The highest BCUT2D eigenvalue weighted by Crippen LogP contribution is 2.24. The van der Waals surface area contributed by atoms with Crippen molar-refractivity contribution in [2.75, 3.05) is 19.6 Å². The van der Waals surface area contributed by atoms with Gasteiger partial charge in [0.25, 0.3) is 5.91 Å². The second kappa shape index (κ2) is 6.66. The molecule has 0 saturated carbocycles. The molecule has 1 amide bonds. The van der Waals surface area contributed by atoms with Crippen molar-refractivity contribution in [1.29, 1.82) is 0 Å². The molecule has 8 heteroatoms. The van der Waals surface area contributed by atoms with Gasteiger partial charge in [-0.25, -0.2) is 4.68 Å². The summed E-state index contributed by atoms with van der Waals surface area (Å²) < 4.78 is 1.68. The van der Waals surface area contributed by atoms with Crippen LogP contribution in [0.25, 0.3) is 0 Å². The number of β-amino-alcohol motifs (C(OH)–C–C–N with tert-alkyl or cyclic N) is 1. The lowest BCUT2D eigenvalue weighted by Crippen LogP contribution is -2.27. The zero-order valence-corrected chi connectivity index (χ0v) is 13.2.